The molecule has 2 heterocycles. The number of benzene rings is 1. The molecule has 0 amide bonds. The van der Waals surface area contributed by atoms with Gasteiger partial charge in [0, 0.05) is 35.9 Å². The van der Waals surface area contributed by atoms with E-state index in [9.17, 15) is 0 Å². The number of nitrogens with zero attached hydrogens (tertiary/aromatic N) is 2. The third-order valence-electron chi connectivity index (χ3n) is 4.27. The Labute approximate surface area is 150 Å². The molecule has 0 saturated heterocycles. The van der Waals surface area contributed by atoms with Crippen LogP contribution < -0.4 is 0 Å². The summed E-state index contributed by atoms with van der Waals surface area (Å²) in [5, 5.41) is 0. The summed E-state index contributed by atoms with van der Waals surface area (Å²) >= 11 is 0. The Morgan fingerprint density at radius 2 is 1.16 bits per heavy atom. The quantitative estimate of drug-likeness (QED) is 0.691. The second-order valence-electron chi connectivity index (χ2n) is 7.20. The molecule has 0 radical (unpaired) electrons. The minimum absolute atomic E-state index is 0.188. The van der Waals surface area contributed by atoms with Gasteiger partial charge in [0.1, 0.15) is 0 Å². The summed E-state index contributed by atoms with van der Waals surface area (Å²) in [7, 11) is 8.36. The van der Waals surface area contributed by atoms with E-state index in [4.69, 9.17) is 0 Å². The first kappa shape index (κ1) is 17.5. The molecule has 132 valence electrons. The molecule has 0 aliphatic carbocycles. The van der Waals surface area contributed by atoms with E-state index in [-0.39, 0.29) is 5.92 Å². The summed E-state index contributed by atoms with van der Waals surface area (Å²) in [6, 6.07) is 19.5. The summed E-state index contributed by atoms with van der Waals surface area (Å²) in [4.78, 5) is 11.6. The van der Waals surface area contributed by atoms with Crippen LogP contribution in [0.1, 0.15) is 34.3 Å². The van der Waals surface area contributed by atoms with E-state index in [1.807, 2.05) is 0 Å². The molecule has 0 fully saturated rings. The van der Waals surface area contributed by atoms with Crippen molar-refractivity contribution in [3.63, 3.8) is 0 Å². The molecule has 4 nitrogen and oxygen atoms in total. The molecule has 2 aromatic heterocycles. The first-order chi connectivity index (χ1) is 12.0. The van der Waals surface area contributed by atoms with Crippen molar-refractivity contribution in [2.45, 2.75) is 19.0 Å². The van der Waals surface area contributed by atoms with Crippen molar-refractivity contribution in [2.75, 3.05) is 28.2 Å². The van der Waals surface area contributed by atoms with E-state index in [0.29, 0.717) is 0 Å². The van der Waals surface area contributed by atoms with E-state index in [1.54, 1.807) is 0 Å². The molecule has 0 unspecified atom stereocenters. The summed E-state index contributed by atoms with van der Waals surface area (Å²) in [6.07, 6.45) is 0. The van der Waals surface area contributed by atoms with Gasteiger partial charge in [0.15, 0.2) is 0 Å². The third-order valence-corrected chi connectivity index (χ3v) is 4.27. The Morgan fingerprint density at radius 3 is 1.60 bits per heavy atom. The van der Waals surface area contributed by atoms with Crippen molar-refractivity contribution in [1.29, 1.82) is 0 Å². The number of hydrogen-bond acceptors (Lipinski definition) is 2. The van der Waals surface area contributed by atoms with Crippen LogP contribution in [-0.4, -0.2) is 48.0 Å². The van der Waals surface area contributed by atoms with Gasteiger partial charge in [-0.15, -0.1) is 0 Å². The lowest BCUT2D eigenvalue weighted by Gasteiger charge is -2.16. The fraction of sp³-hybridized carbons (Fsp3) is 0.333. The number of rotatable bonds is 7. The Bertz CT molecular complexity index is 735. The van der Waals surface area contributed by atoms with Crippen LogP contribution in [0, 0.1) is 0 Å². The fourth-order valence-corrected chi connectivity index (χ4v) is 3.29. The van der Waals surface area contributed by atoms with Crippen molar-refractivity contribution >= 4 is 0 Å². The van der Waals surface area contributed by atoms with Crippen molar-refractivity contribution < 1.29 is 0 Å². The Morgan fingerprint density at radius 1 is 0.680 bits per heavy atom. The lowest BCUT2D eigenvalue weighted by molar-refractivity contribution is 0.397. The van der Waals surface area contributed by atoms with E-state index in [0.717, 1.165) is 13.1 Å². The van der Waals surface area contributed by atoms with Gasteiger partial charge in [-0.3, -0.25) is 0 Å². The lowest BCUT2D eigenvalue weighted by atomic mass is 9.93. The standard InChI is InChI=1S/C21H28N4/c1-24(2)14-17-10-12-19(22-17)21(16-8-6-5-7-9-16)20-13-11-18(23-20)15-25(3)4/h5-13,21-23H,14-15H2,1-4H3. The molecule has 4 heteroatoms. The molecule has 0 saturated carbocycles. The SMILES string of the molecule is CN(C)Cc1ccc(C(c2ccccc2)c2ccc(CN(C)C)[nH]2)[nH]1. The summed E-state index contributed by atoms with van der Waals surface area (Å²) < 4.78 is 0. The van der Waals surface area contributed by atoms with E-state index in [2.05, 4.69) is 103 Å². The number of H-pyrrole nitrogens is 2. The van der Waals surface area contributed by atoms with E-state index >= 15 is 0 Å². The minimum Gasteiger partial charge on any atom is -0.360 e. The average Bonchev–Trinajstić information content (AvgIpc) is 3.18. The largest absolute Gasteiger partial charge is 0.360 e. The molecule has 0 aliphatic heterocycles. The zero-order valence-corrected chi connectivity index (χ0v) is 15.6. The minimum atomic E-state index is 0.188. The van der Waals surface area contributed by atoms with Gasteiger partial charge in [0.25, 0.3) is 0 Å². The van der Waals surface area contributed by atoms with Crippen LogP contribution >= 0.6 is 0 Å². The van der Waals surface area contributed by atoms with Gasteiger partial charge < -0.3 is 19.8 Å². The Hall–Kier alpha value is -2.30. The van der Waals surface area contributed by atoms with Gasteiger partial charge in [-0.25, -0.2) is 0 Å². The maximum absolute atomic E-state index is 3.62. The summed E-state index contributed by atoms with van der Waals surface area (Å²) in [5.41, 5.74) is 6.21. The van der Waals surface area contributed by atoms with Crippen LogP contribution in [0.15, 0.2) is 54.6 Å². The zero-order chi connectivity index (χ0) is 17.8. The number of hydrogen-bond donors (Lipinski definition) is 2. The monoisotopic (exact) mass is 336 g/mol. The van der Waals surface area contributed by atoms with Crippen molar-refractivity contribution in [1.82, 2.24) is 19.8 Å². The molecule has 0 aliphatic rings. The van der Waals surface area contributed by atoms with Gasteiger partial charge in [0.05, 0.1) is 5.92 Å². The predicted octanol–water partition coefficient (Wildman–Crippen LogP) is 3.65. The maximum Gasteiger partial charge on any atom is 0.0641 e. The molecule has 0 atom stereocenters. The van der Waals surface area contributed by atoms with Crippen molar-refractivity contribution in [3.8, 4) is 0 Å². The van der Waals surface area contributed by atoms with Crippen LogP contribution in [0.2, 0.25) is 0 Å². The highest BCUT2D eigenvalue weighted by Gasteiger charge is 2.20. The van der Waals surface area contributed by atoms with Crippen LogP contribution in [0.4, 0.5) is 0 Å². The lowest BCUT2D eigenvalue weighted by Crippen LogP contribution is -2.12. The van der Waals surface area contributed by atoms with E-state index in [1.165, 1.54) is 28.3 Å². The van der Waals surface area contributed by atoms with Crippen molar-refractivity contribution in [3.05, 3.63) is 82.9 Å². The molecule has 2 N–H and O–H groups in total. The first-order valence-electron chi connectivity index (χ1n) is 8.73. The van der Waals surface area contributed by atoms with Gasteiger partial charge >= 0.3 is 0 Å². The molecule has 3 aromatic rings. The van der Waals surface area contributed by atoms with E-state index < -0.39 is 0 Å². The van der Waals surface area contributed by atoms with Gasteiger partial charge in [0.2, 0.25) is 0 Å². The topological polar surface area (TPSA) is 38.1 Å². The summed E-state index contributed by atoms with van der Waals surface area (Å²) in [6.45, 7) is 1.83. The van der Waals surface area contributed by atoms with Gasteiger partial charge in [-0.2, -0.15) is 0 Å². The van der Waals surface area contributed by atoms with Gasteiger partial charge in [-0.1, -0.05) is 30.3 Å². The second-order valence-corrected chi connectivity index (χ2v) is 7.20. The first-order valence-corrected chi connectivity index (χ1v) is 8.73. The molecule has 1 aromatic carbocycles. The van der Waals surface area contributed by atoms with Crippen LogP contribution in [0.5, 0.6) is 0 Å². The molecule has 25 heavy (non-hydrogen) atoms. The molecular weight excluding hydrogens is 308 g/mol. The number of aromatic nitrogens is 2. The Kier molecular flexibility index (Phi) is 5.41. The third kappa shape index (κ3) is 4.41. The average molecular weight is 336 g/mol. The maximum atomic E-state index is 3.62. The highest BCUT2D eigenvalue weighted by Crippen LogP contribution is 2.31. The van der Waals surface area contributed by atoms with Crippen LogP contribution in [0.25, 0.3) is 0 Å². The second kappa shape index (κ2) is 7.72. The predicted molar refractivity (Wildman–Crippen MR) is 104 cm³/mol. The van der Waals surface area contributed by atoms with Crippen LogP contribution in [0.3, 0.4) is 0 Å². The van der Waals surface area contributed by atoms with Gasteiger partial charge in [-0.05, 0) is 58.0 Å². The molecule has 3 rings (SSSR count). The zero-order valence-electron chi connectivity index (χ0n) is 15.6. The molecular formula is C21H28N4. The number of aromatic amines is 2. The number of nitrogens with one attached hydrogen (secondary N) is 2. The van der Waals surface area contributed by atoms with Crippen molar-refractivity contribution in [2.24, 2.45) is 0 Å². The molecule has 0 bridgehead atoms. The molecule has 0 spiro atoms. The van der Waals surface area contributed by atoms with Crippen LogP contribution in [-0.2, 0) is 13.1 Å². The Balaban J connectivity index is 1.96. The normalized spacial score (nSPS) is 11.8. The summed E-state index contributed by atoms with van der Waals surface area (Å²) in [5.74, 6) is 0.188. The highest BCUT2D eigenvalue weighted by molar-refractivity contribution is 5.39. The smallest absolute Gasteiger partial charge is 0.0641 e. The highest BCUT2D eigenvalue weighted by atomic mass is 15.1. The fourth-order valence-electron chi connectivity index (χ4n) is 3.29.